The Hall–Kier alpha value is -1.49. The Balaban J connectivity index is 2.21. The van der Waals surface area contributed by atoms with Gasteiger partial charge in [-0.25, -0.2) is 0 Å². The Bertz CT molecular complexity index is 496. The van der Waals surface area contributed by atoms with Gasteiger partial charge in [-0.3, -0.25) is 9.59 Å². The lowest BCUT2D eigenvalue weighted by atomic mass is 10.3. The van der Waals surface area contributed by atoms with Crippen molar-refractivity contribution in [1.82, 2.24) is 14.8 Å². The lowest BCUT2D eigenvalue weighted by molar-refractivity contribution is -0.120. The normalized spacial score (nSPS) is 16.4. The van der Waals surface area contributed by atoms with Crippen LogP contribution < -0.4 is 5.32 Å². The van der Waals surface area contributed by atoms with E-state index in [0.29, 0.717) is 36.8 Å². The zero-order valence-corrected chi connectivity index (χ0v) is 11.9. The molecular weight excluding hydrogens is 266 g/mol. The first kappa shape index (κ1) is 13.9. The van der Waals surface area contributed by atoms with E-state index in [9.17, 15) is 9.59 Å². The van der Waals surface area contributed by atoms with E-state index in [0.717, 1.165) is 0 Å². The molecule has 1 aromatic rings. The van der Waals surface area contributed by atoms with Crippen LogP contribution in [0.25, 0.3) is 0 Å². The highest BCUT2D eigenvalue weighted by atomic mass is 35.5. The molecule has 2 amide bonds. The van der Waals surface area contributed by atoms with Gasteiger partial charge in [0.05, 0.1) is 5.02 Å². The fourth-order valence-electron chi connectivity index (χ4n) is 2.18. The molecule has 6 heteroatoms. The molecule has 0 spiro atoms. The van der Waals surface area contributed by atoms with Crippen LogP contribution in [0.2, 0.25) is 5.02 Å². The predicted molar refractivity (Wildman–Crippen MR) is 73.4 cm³/mol. The quantitative estimate of drug-likeness (QED) is 0.898. The van der Waals surface area contributed by atoms with Crippen LogP contribution in [0, 0.1) is 0 Å². The summed E-state index contributed by atoms with van der Waals surface area (Å²) in [4.78, 5) is 25.5. The molecule has 5 nitrogen and oxygen atoms in total. The van der Waals surface area contributed by atoms with Crippen molar-refractivity contribution in [3.8, 4) is 0 Å². The van der Waals surface area contributed by atoms with Crippen LogP contribution in [0.5, 0.6) is 0 Å². The number of nitrogens with zero attached hydrogens (tertiary/aromatic N) is 2. The summed E-state index contributed by atoms with van der Waals surface area (Å²) in [7, 11) is 0. The van der Waals surface area contributed by atoms with Crippen molar-refractivity contribution in [2.24, 2.45) is 0 Å². The fraction of sp³-hybridized carbons (Fsp3) is 0.538. The van der Waals surface area contributed by atoms with Gasteiger partial charge in [-0.05, 0) is 19.9 Å². The van der Waals surface area contributed by atoms with Crippen molar-refractivity contribution in [3.05, 3.63) is 23.0 Å². The van der Waals surface area contributed by atoms with E-state index < -0.39 is 0 Å². The fourth-order valence-corrected chi connectivity index (χ4v) is 2.38. The maximum Gasteiger partial charge on any atom is 0.270 e. The molecule has 104 valence electrons. The molecule has 1 aliphatic heterocycles. The number of carbonyl (C=O) groups is 2. The van der Waals surface area contributed by atoms with E-state index in [1.807, 2.05) is 18.4 Å². The maximum absolute atomic E-state index is 12.5. The lowest BCUT2D eigenvalue weighted by Crippen LogP contribution is -2.35. The first-order valence-corrected chi connectivity index (χ1v) is 6.80. The average Bonchev–Trinajstić information content (AvgIpc) is 2.61. The number of aromatic nitrogens is 1. The van der Waals surface area contributed by atoms with Crippen molar-refractivity contribution >= 4 is 23.4 Å². The molecule has 0 unspecified atom stereocenters. The summed E-state index contributed by atoms with van der Waals surface area (Å²) in [5.41, 5.74) is 0.578. The van der Waals surface area contributed by atoms with Gasteiger partial charge >= 0.3 is 0 Å². The second-order valence-electron chi connectivity index (χ2n) is 4.94. The van der Waals surface area contributed by atoms with E-state index in [2.05, 4.69) is 5.32 Å². The van der Waals surface area contributed by atoms with Gasteiger partial charge in [-0.2, -0.15) is 0 Å². The van der Waals surface area contributed by atoms with Crippen LogP contribution in [-0.4, -0.2) is 40.9 Å². The van der Waals surface area contributed by atoms with Crippen LogP contribution in [0.15, 0.2) is 12.3 Å². The molecule has 0 bridgehead atoms. The monoisotopic (exact) mass is 283 g/mol. The standard InChI is InChI=1S/C13H18ClN3O2/c1-9(2)17-8-10(14)7-11(17)13(19)16-5-3-12(18)15-4-6-16/h7-9H,3-6H2,1-2H3,(H,15,18). The van der Waals surface area contributed by atoms with E-state index in [-0.39, 0.29) is 17.9 Å². The second kappa shape index (κ2) is 5.65. The first-order chi connectivity index (χ1) is 8.99. The summed E-state index contributed by atoms with van der Waals surface area (Å²) >= 11 is 5.99. The lowest BCUT2D eigenvalue weighted by Gasteiger charge is -2.21. The zero-order valence-electron chi connectivity index (χ0n) is 11.1. The Morgan fingerprint density at radius 3 is 2.84 bits per heavy atom. The molecular formula is C13H18ClN3O2. The summed E-state index contributed by atoms with van der Waals surface area (Å²) in [6, 6.07) is 1.85. The number of hydrogen-bond donors (Lipinski definition) is 1. The van der Waals surface area contributed by atoms with Crippen LogP contribution in [0.3, 0.4) is 0 Å². The molecule has 1 fully saturated rings. The molecule has 1 aliphatic rings. The minimum absolute atomic E-state index is 0.00688. The number of rotatable bonds is 2. The van der Waals surface area contributed by atoms with Crippen LogP contribution >= 0.6 is 11.6 Å². The highest BCUT2D eigenvalue weighted by Gasteiger charge is 2.23. The number of amides is 2. The SMILES string of the molecule is CC(C)n1cc(Cl)cc1C(=O)N1CCNC(=O)CC1. The predicted octanol–water partition coefficient (Wildman–Crippen LogP) is 1.68. The summed E-state index contributed by atoms with van der Waals surface area (Å²) in [5.74, 6) is -0.0790. The largest absolute Gasteiger partial charge is 0.354 e. The molecule has 0 saturated carbocycles. The van der Waals surface area contributed by atoms with Gasteiger partial charge in [0.2, 0.25) is 5.91 Å². The van der Waals surface area contributed by atoms with Gasteiger partial charge < -0.3 is 14.8 Å². The molecule has 0 radical (unpaired) electrons. The molecule has 0 aromatic carbocycles. The third-order valence-electron chi connectivity index (χ3n) is 3.19. The molecule has 1 saturated heterocycles. The van der Waals surface area contributed by atoms with Gasteiger partial charge in [0.25, 0.3) is 5.91 Å². The minimum atomic E-state index is -0.0721. The summed E-state index contributed by atoms with van der Waals surface area (Å²) in [6.45, 7) is 5.49. The smallest absolute Gasteiger partial charge is 0.270 e. The highest BCUT2D eigenvalue weighted by Crippen LogP contribution is 2.20. The number of nitrogens with one attached hydrogen (secondary N) is 1. The molecule has 2 rings (SSSR count). The first-order valence-electron chi connectivity index (χ1n) is 6.42. The van der Waals surface area contributed by atoms with E-state index >= 15 is 0 Å². The number of hydrogen-bond acceptors (Lipinski definition) is 2. The summed E-state index contributed by atoms with van der Waals surface area (Å²) < 4.78 is 1.87. The molecule has 1 N–H and O–H groups in total. The summed E-state index contributed by atoms with van der Waals surface area (Å²) in [6.07, 6.45) is 2.11. The Morgan fingerprint density at radius 2 is 2.16 bits per heavy atom. The Labute approximate surface area is 117 Å². The van der Waals surface area contributed by atoms with Crippen molar-refractivity contribution in [3.63, 3.8) is 0 Å². The Morgan fingerprint density at radius 1 is 1.42 bits per heavy atom. The maximum atomic E-state index is 12.5. The van der Waals surface area contributed by atoms with Gasteiger partial charge in [-0.1, -0.05) is 11.6 Å². The van der Waals surface area contributed by atoms with Crippen LogP contribution in [0.1, 0.15) is 36.8 Å². The van der Waals surface area contributed by atoms with E-state index in [1.165, 1.54) is 0 Å². The Kier molecular flexibility index (Phi) is 4.14. The van der Waals surface area contributed by atoms with Crippen molar-refractivity contribution in [2.45, 2.75) is 26.3 Å². The molecule has 1 aromatic heterocycles. The minimum Gasteiger partial charge on any atom is -0.354 e. The van der Waals surface area contributed by atoms with Crippen LogP contribution in [0.4, 0.5) is 0 Å². The van der Waals surface area contributed by atoms with Crippen molar-refractivity contribution in [2.75, 3.05) is 19.6 Å². The van der Waals surface area contributed by atoms with Crippen LogP contribution in [-0.2, 0) is 4.79 Å². The van der Waals surface area contributed by atoms with E-state index in [1.54, 1.807) is 17.2 Å². The van der Waals surface area contributed by atoms with Crippen molar-refractivity contribution in [1.29, 1.82) is 0 Å². The zero-order chi connectivity index (χ0) is 14.0. The molecule has 0 aliphatic carbocycles. The highest BCUT2D eigenvalue weighted by molar-refractivity contribution is 6.31. The number of carbonyl (C=O) groups excluding carboxylic acids is 2. The van der Waals surface area contributed by atoms with Gasteiger partial charge in [0.15, 0.2) is 0 Å². The topological polar surface area (TPSA) is 54.3 Å². The summed E-state index contributed by atoms with van der Waals surface area (Å²) in [5, 5.41) is 3.31. The number of halogens is 1. The van der Waals surface area contributed by atoms with Gasteiger partial charge in [0, 0.05) is 38.3 Å². The average molecular weight is 284 g/mol. The molecule has 0 atom stereocenters. The van der Waals surface area contributed by atoms with Gasteiger partial charge in [0.1, 0.15) is 5.69 Å². The second-order valence-corrected chi connectivity index (χ2v) is 5.37. The third kappa shape index (κ3) is 3.10. The van der Waals surface area contributed by atoms with Gasteiger partial charge in [-0.15, -0.1) is 0 Å². The molecule has 2 heterocycles. The van der Waals surface area contributed by atoms with E-state index in [4.69, 9.17) is 11.6 Å². The molecule has 19 heavy (non-hydrogen) atoms. The third-order valence-corrected chi connectivity index (χ3v) is 3.40. The van der Waals surface area contributed by atoms with Crippen molar-refractivity contribution < 1.29 is 9.59 Å².